The largest absolute Gasteiger partial charge is 0.481 e. The number of nitriles is 1. The molecule has 0 aromatic heterocycles. The van der Waals surface area contributed by atoms with Crippen molar-refractivity contribution in [2.75, 3.05) is 5.32 Å². The zero-order valence-electron chi connectivity index (χ0n) is 10.7. The Bertz CT molecular complexity index is 506. The number of amides is 1. The summed E-state index contributed by atoms with van der Waals surface area (Å²) in [6.07, 6.45) is 0.925. The molecule has 0 fully saturated rings. The maximum atomic E-state index is 11.7. The molecule has 1 unspecified atom stereocenters. The topological polar surface area (TPSA) is 90.2 Å². The van der Waals surface area contributed by atoms with Crippen LogP contribution in [0.1, 0.15) is 31.7 Å². The van der Waals surface area contributed by atoms with Crippen molar-refractivity contribution >= 4 is 17.6 Å². The highest BCUT2D eigenvalue weighted by atomic mass is 16.4. The van der Waals surface area contributed by atoms with E-state index in [-0.39, 0.29) is 12.3 Å². The predicted octanol–water partition coefficient (Wildman–Crippen LogP) is 2.39. The summed E-state index contributed by atoms with van der Waals surface area (Å²) in [6, 6.07) is 8.68. The minimum Gasteiger partial charge on any atom is -0.481 e. The molecular formula is C14H16N2O3. The Morgan fingerprint density at radius 1 is 1.42 bits per heavy atom. The van der Waals surface area contributed by atoms with E-state index in [0.29, 0.717) is 24.1 Å². The molecule has 0 saturated carbocycles. The Morgan fingerprint density at radius 3 is 2.68 bits per heavy atom. The van der Waals surface area contributed by atoms with E-state index in [1.807, 2.05) is 6.07 Å². The van der Waals surface area contributed by atoms with E-state index in [1.165, 1.54) is 0 Å². The first-order chi connectivity index (χ1) is 9.08. The second-order valence-corrected chi connectivity index (χ2v) is 4.19. The summed E-state index contributed by atoms with van der Waals surface area (Å²) < 4.78 is 0. The molecule has 1 aromatic carbocycles. The highest BCUT2D eigenvalue weighted by Crippen LogP contribution is 2.16. The van der Waals surface area contributed by atoms with Gasteiger partial charge in [0.2, 0.25) is 5.91 Å². The van der Waals surface area contributed by atoms with Gasteiger partial charge in [-0.3, -0.25) is 9.59 Å². The molecule has 2 N–H and O–H groups in total. The number of hydrogen-bond donors (Lipinski definition) is 2. The first-order valence-electron chi connectivity index (χ1n) is 6.10. The van der Waals surface area contributed by atoms with Crippen LogP contribution in [-0.2, 0) is 9.59 Å². The van der Waals surface area contributed by atoms with E-state index in [1.54, 1.807) is 31.2 Å². The normalized spacial score (nSPS) is 11.4. The molecular weight excluding hydrogens is 244 g/mol. The molecule has 1 rings (SSSR count). The molecule has 5 heteroatoms. The van der Waals surface area contributed by atoms with Crippen LogP contribution in [0.25, 0.3) is 0 Å². The summed E-state index contributed by atoms with van der Waals surface area (Å²) in [5.74, 6) is -1.66. The van der Waals surface area contributed by atoms with Gasteiger partial charge in [0, 0.05) is 6.42 Å². The number of carboxylic acid groups (broad SMARTS) is 1. The first kappa shape index (κ1) is 14.7. The van der Waals surface area contributed by atoms with Gasteiger partial charge in [-0.05, 0) is 25.0 Å². The fourth-order valence-electron chi connectivity index (χ4n) is 1.71. The number of nitrogens with zero attached hydrogens (tertiary/aromatic N) is 1. The second kappa shape index (κ2) is 7.17. The smallest absolute Gasteiger partial charge is 0.306 e. The standard InChI is InChI=1S/C14H16N2O3/c1-2-10(14(18)19)7-8-13(17)16-12-6-4-3-5-11(12)9-15/h3-6,10H,2,7-8H2,1H3,(H,16,17)(H,18,19). The van der Waals surface area contributed by atoms with Crippen molar-refractivity contribution in [3.05, 3.63) is 29.8 Å². The zero-order valence-corrected chi connectivity index (χ0v) is 10.7. The van der Waals surface area contributed by atoms with Crippen LogP contribution < -0.4 is 5.32 Å². The van der Waals surface area contributed by atoms with E-state index >= 15 is 0 Å². The summed E-state index contributed by atoms with van der Waals surface area (Å²) in [7, 11) is 0. The van der Waals surface area contributed by atoms with Crippen molar-refractivity contribution < 1.29 is 14.7 Å². The third kappa shape index (κ3) is 4.43. The minimum atomic E-state index is -0.882. The van der Waals surface area contributed by atoms with Crippen LogP contribution in [0.4, 0.5) is 5.69 Å². The van der Waals surface area contributed by atoms with E-state index < -0.39 is 11.9 Å². The molecule has 19 heavy (non-hydrogen) atoms. The maximum absolute atomic E-state index is 11.7. The van der Waals surface area contributed by atoms with Gasteiger partial charge in [-0.1, -0.05) is 19.1 Å². The van der Waals surface area contributed by atoms with Crippen molar-refractivity contribution in [1.82, 2.24) is 0 Å². The quantitative estimate of drug-likeness (QED) is 0.821. The first-order valence-corrected chi connectivity index (χ1v) is 6.10. The van der Waals surface area contributed by atoms with Gasteiger partial charge in [0.25, 0.3) is 0 Å². The Hall–Kier alpha value is -2.35. The second-order valence-electron chi connectivity index (χ2n) is 4.19. The fourth-order valence-corrected chi connectivity index (χ4v) is 1.71. The van der Waals surface area contributed by atoms with Gasteiger partial charge in [-0.15, -0.1) is 0 Å². The molecule has 0 bridgehead atoms. The number of carbonyl (C=O) groups excluding carboxylic acids is 1. The van der Waals surface area contributed by atoms with Gasteiger partial charge in [-0.2, -0.15) is 5.26 Å². The molecule has 1 amide bonds. The third-order valence-corrected chi connectivity index (χ3v) is 2.88. The molecule has 0 spiro atoms. The molecule has 100 valence electrons. The van der Waals surface area contributed by atoms with Crippen LogP contribution in [0.2, 0.25) is 0 Å². The summed E-state index contributed by atoms with van der Waals surface area (Å²) in [5, 5.41) is 20.4. The van der Waals surface area contributed by atoms with Crippen LogP contribution in [0.15, 0.2) is 24.3 Å². The highest BCUT2D eigenvalue weighted by molar-refractivity contribution is 5.92. The molecule has 0 aliphatic heterocycles. The number of para-hydroxylation sites is 1. The van der Waals surface area contributed by atoms with Gasteiger partial charge in [0.1, 0.15) is 6.07 Å². The number of rotatable bonds is 6. The number of aliphatic carboxylic acids is 1. The number of hydrogen-bond acceptors (Lipinski definition) is 3. The average molecular weight is 260 g/mol. The van der Waals surface area contributed by atoms with Crippen LogP contribution in [-0.4, -0.2) is 17.0 Å². The number of carboxylic acids is 1. The number of anilines is 1. The van der Waals surface area contributed by atoms with E-state index in [0.717, 1.165) is 0 Å². The Morgan fingerprint density at radius 2 is 2.11 bits per heavy atom. The van der Waals surface area contributed by atoms with Crippen molar-refractivity contribution in [2.24, 2.45) is 5.92 Å². The monoisotopic (exact) mass is 260 g/mol. The third-order valence-electron chi connectivity index (χ3n) is 2.88. The van der Waals surface area contributed by atoms with Gasteiger partial charge in [0.05, 0.1) is 17.2 Å². The number of carbonyl (C=O) groups is 2. The van der Waals surface area contributed by atoms with E-state index in [9.17, 15) is 9.59 Å². The average Bonchev–Trinajstić information content (AvgIpc) is 2.39. The molecule has 0 aliphatic carbocycles. The van der Waals surface area contributed by atoms with Crippen LogP contribution in [0.3, 0.4) is 0 Å². The molecule has 5 nitrogen and oxygen atoms in total. The van der Waals surface area contributed by atoms with Crippen molar-refractivity contribution in [1.29, 1.82) is 5.26 Å². The molecule has 1 aromatic rings. The van der Waals surface area contributed by atoms with Gasteiger partial charge in [-0.25, -0.2) is 0 Å². The Balaban J connectivity index is 2.57. The summed E-state index contributed by atoms with van der Waals surface area (Å²) >= 11 is 0. The van der Waals surface area contributed by atoms with Gasteiger partial charge < -0.3 is 10.4 Å². The lowest BCUT2D eigenvalue weighted by molar-refractivity contribution is -0.142. The Labute approximate surface area is 111 Å². The lowest BCUT2D eigenvalue weighted by Gasteiger charge is -2.10. The minimum absolute atomic E-state index is 0.130. The molecule has 0 radical (unpaired) electrons. The van der Waals surface area contributed by atoms with E-state index in [2.05, 4.69) is 5.32 Å². The number of nitrogens with one attached hydrogen (secondary N) is 1. The number of benzene rings is 1. The van der Waals surface area contributed by atoms with Crippen LogP contribution in [0, 0.1) is 17.2 Å². The molecule has 0 aliphatic rings. The van der Waals surface area contributed by atoms with E-state index in [4.69, 9.17) is 10.4 Å². The fraction of sp³-hybridized carbons (Fsp3) is 0.357. The van der Waals surface area contributed by atoms with Crippen molar-refractivity contribution in [2.45, 2.75) is 26.2 Å². The zero-order chi connectivity index (χ0) is 14.3. The van der Waals surface area contributed by atoms with Crippen molar-refractivity contribution in [3.8, 4) is 6.07 Å². The van der Waals surface area contributed by atoms with Crippen LogP contribution >= 0.6 is 0 Å². The summed E-state index contributed by atoms with van der Waals surface area (Å²) in [4.78, 5) is 22.5. The van der Waals surface area contributed by atoms with Crippen LogP contribution in [0.5, 0.6) is 0 Å². The van der Waals surface area contributed by atoms with Gasteiger partial charge >= 0.3 is 5.97 Å². The molecule has 1 atom stereocenters. The SMILES string of the molecule is CCC(CCC(=O)Nc1ccccc1C#N)C(=O)O. The molecule has 0 heterocycles. The summed E-state index contributed by atoms with van der Waals surface area (Å²) in [6.45, 7) is 1.78. The summed E-state index contributed by atoms with van der Waals surface area (Å²) in [5.41, 5.74) is 0.847. The Kier molecular flexibility index (Phi) is 5.55. The maximum Gasteiger partial charge on any atom is 0.306 e. The highest BCUT2D eigenvalue weighted by Gasteiger charge is 2.16. The van der Waals surface area contributed by atoms with Gasteiger partial charge in [0.15, 0.2) is 0 Å². The lowest BCUT2D eigenvalue weighted by Crippen LogP contribution is -2.18. The molecule has 0 saturated heterocycles. The lowest BCUT2D eigenvalue weighted by atomic mass is 10.0. The van der Waals surface area contributed by atoms with Crippen molar-refractivity contribution in [3.63, 3.8) is 0 Å². The predicted molar refractivity (Wildman–Crippen MR) is 70.4 cm³/mol.